The van der Waals surface area contributed by atoms with E-state index >= 15 is 0 Å². The van der Waals surface area contributed by atoms with Gasteiger partial charge in [0, 0.05) is 13.6 Å². The molecule has 5 N–H and O–H groups in total. The highest BCUT2D eigenvalue weighted by Gasteiger charge is 2.27. The highest BCUT2D eigenvalue weighted by molar-refractivity contribution is 5.92. The zero-order chi connectivity index (χ0) is 14.5. The van der Waals surface area contributed by atoms with Crippen molar-refractivity contribution in [3.8, 4) is 0 Å². The van der Waals surface area contributed by atoms with Crippen LogP contribution in [-0.4, -0.2) is 35.6 Å². The van der Waals surface area contributed by atoms with Crippen LogP contribution in [-0.2, 0) is 4.79 Å². The Bertz CT molecular complexity index is 457. The molecule has 104 valence electrons. The molecular formula is C11H18N6O2. The number of hydrogen-bond acceptors (Lipinski definition) is 6. The number of nitrogens with zero attached hydrogens (tertiary/aromatic N) is 2. The van der Waals surface area contributed by atoms with Crippen molar-refractivity contribution in [3.63, 3.8) is 0 Å². The lowest BCUT2D eigenvalue weighted by molar-refractivity contribution is -0.128. The van der Waals surface area contributed by atoms with Gasteiger partial charge in [0.25, 0.3) is 5.91 Å². The summed E-state index contributed by atoms with van der Waals surface area (Å²) in [6.45, 7) is 3.67. The topological polar surface area (TPSA) is 122 Å². The third-order valence-corrected chi connectivity index (χ3v) is 2.58. The number of carbonyl (C=O) groups is 2. The molecule has 0 aromatic carbocycles. The van der Waals surface area contributed by atoms with Crippen LogP contribution in [0.1, 0.15) is 24.3 Å². The average Bonchev–Trinajstić information content (AvgIpc) is 2.43. The molecule has 8 heteroatoms. The summed E-state index contributed by atoms with van der Waals surface area (Å²) in [5.74, 6) is 4.96. The Hall–Kier alpha value is -2.22. The third-order valence-electron chi connectivity index (χ3n) is 2.58. The zero-order valence-electron chi connectivity index (χ0n) is 11.2. The van der Waals surface area contributed by atoms with Crippen molar-refractivity contribution in [1.82, 2.24) is 20.8 Å². The summed E-state index contributed by atoms with van der Waals surface area (Å²) in [5.41, 5.74) is 1.77. The Morgan fingerprint density at radius 3 is 2.47 bits per heavy atom. The molecule has 0 spiro atoms. The molecule has 0 aliphatic heterocycles. The van der Waals surface area contributed by atoms with Crippen molar-refractivity contribution in [1.29, 1.82) is 0 Å². The number of hydrogen-bond donors (Lipinski definition) is 4. The Labute approximate surface area is 111 Å². The number of hydrazine groups is 1. The number of carbonyl (C=O) groups excluding carboxylic acids is 2. The highest BCUT2D eigenvalue weighted by atomic mass is 16.2. The maximum Gasteiger partial charge on any atom is 0.271 e. The van der Waals surface area contributed by atoms with Gasteiger partial charge in [0.2, 0.25) is 5.91 Å². The molecule has 1 heterocycles. The van der Waals surface area contributed by atoms with Gasteiger partial charge in [-0.1, -0.05) is 0 Å². The van der Waals surface area contributed by atoms with E-state index in [1.54, 1.807) is 20.9 Å². The van der Waals surface area contributed by atoms with Crippen molar-refractivity contribution in [2.75, 3.05) is 19.0 Å². The van der Waals surface area contributed by atoms with Crippen LogP contribution in [0.15, 0.2) is 12.1 Å². The van der Waals surface area contributed by atoms with Gasteiger partial charge in [0.1, 0.15) is 0 Å². The fourth-order valence-corrected chi connectivity index (χ4v) is 1.34. The minimum Gasteiger partial charge on any atom is -0.359 e. The van der Waals surface area contributed by atoms with Crippen molar-refractivity contribution in [2.45, 2.75) is 13.8 Å². The Morgan fingerprint density at radius 2 is 2.00 bits per heavy atom. The first-order chi connectivity index (χ1) is 8.90. The van der Waals surface area contributed by atoms with Gasteiger partial charge >= 0.3 is 0 Å². The number of nitrogens with one attached hydrogen (secondary N) is 3. The second-order valence-electron chi connectivity index (χ2n) is 4.59. The van der Waals surface area contributed by atoms with Crippen LogP contribution in [0, 0.1) is 5.41 Å². The van der Waals surface area contributed by atoms with Crippen LogP contribution >= 0.6 is 0 Å². The molecule has 0 atom stereocenters. The van der Waals surface area contributed by atoms with E-state index in [9.17, 15) is 9.59 Å². The molecule has 1 aromatic rings. The number of nitrogen functional groups attached to an aromatic ring is 1. The molecule has 0 aliphatic carbocycles. The molecule has 8 nitrogen and oxygen atoms in total. The number of aromatic nitrogens is 2. The molecule has 0 fully saturated rings. The van der Waals surface area contributed by atoms with Crippen LogP contribution in [0.2, 0.25) is 0 Å². The van der Waals surface area contributed by atoms with Gasteiger partial charge < -0.3 is 16.1 Å². The van der Waals surface area contributed by atoms with E-state index in [-0.39, 0.29) is 18.1 Å². The van der Waals surface area contributed by atoms with E-state index in [0.717, 1.165) is 0 Å². The quantitative estimate of drug-likeness (QED) is 0.411. The minimum atomic E-state index is -0.698. The average molecular weight is 266 g/mol. The monoisotopic (exact) mass is 266 g/mol. The summed E-state index contributed by atoms with van der Waals surface area (Å²) in [6.07, 6.45) is 0. The van der Waals surface area contributed by atoms with Crippen molar-refractivity contribution >= 4 is 17.6 Å². The first kappa shape index (κ1) is 14.8. The van der Waals surface area contributed by atoms with Gasteiger partial charge in [0.15, 0.2) is 11.5 Å². The molecule has 0 unspecified atom stereocenters. The van der Waals surface area contributed by atoms with E-state index in [4.69, 9.17) is 5.84 Å². The fraction of sp³-hybridized carbons (Fsp3) is 0.455. The molecular weight excluding hydrogens is 248 g/mol. The number of rotatable bonds is 5. The lowest BCUT2D eigenvalue weighted by Gasteiger charge is -2.22. The largest absolute Gasteiger partial charge is 0.359 e. The van der Waals surface area contributed by atoms with E-state index in [2.05, 4.69) is 26.3 Å². The first-order valence-electron chi connectivity index (χ1n) is 5.71. The molecule has 1 aromatic heterocycles. The minimum absolute atomic E-state index is 0.151. The smallest absolute Gasteiger partial charge is 0.271 e. The highest BCUT2D eigenvalue weighted by Crippen LogP contribution is 2.13. The second-order valence-corrected chi connectivity index (χ2v) is 4.59. The molecule has 0 radical (unpaired) electrons. The predicted octanol–water partition coefficient (Wildman–Crippen LogP) is -0.736. The third kappa shape index (κ3) is 3.88. The van der Waals surface area contributed by atoms with Gasteiger partial charge in [-0.25, -0.2) is 5.84 Å². The van der Waals surface area contributed by atoms with E-state index in [1.165, 1.54) is 12.1 Å². The second kappa shape index (κ2) is 6.10. The van der Waals surface area contributed by atoms with E-state index < -0.39 is 11.3 Å². The van der Waals surface area contributed by atoms with Crippen LogP contribution in [0.25, 0.3) is 0 Å². The number of anilines is 1. The van der Waals surface area contributed by atoms with Crippen LogP contribution in [0.4, 0.5) is 5.82 Å². The summed E-state index contributed by atoms with van der Waals surface area (Å²) in [7, 11) is 1.55. The van der Waals surface area contributed by atoms with Crippen molar-refractivity contribution in [2.24, 2.45) is 11.3 Å². The van der Waals surface area contributed by atoms with Gasteiger partial charge in [0.05, 0.1) is 5.41 Å². The van der Waals surface area contributed by atoms with E-state index in [0.29, 0.717) is 5.82 Å². The summed E-state index contributed by atoms with van der Waals surface area (Å²) < 4.78 is 0. The molecule has 0 bridgehead atoms. The summed E-state index contributed by atoms with van der Waals surface area (Å²) in [5, 5.41) is 12.6. The Kier molecular flexibility index (Phi) is 4.76. The van der Waals surface area contributed by atoms with Gasteiger partial charge in [-0.2, -0.15) is 0 Å². The van der Waals surface area contributed by atoms with Crippen LogP contribution in [0.5, 0.6) is 0 Å². The number of amides is 2. The normalized spacial score (nSPS) is 10.7. The SMILES string of the molecule is CNC(=O)C(C)(C)CNC(=O)c1ccc(NN)nn1. The molecule has 1 rings (SSSR count). The maximum absolute atomic E-state index is 11.8. The summed E-state index contributed by atoms with van der Waals surface area (Å²) in [6, 6.07) is 3.02. The van der Waals surface area contributed by atoms with Crippen molar-refractivity contribution < 1.29 is 9.59 Å². The molecule has 0 saturated carbocycles. The lowest BCUT2D eigenvalue weighted by atomic mass is 9.92. The van der Waals surface area contributed by atoms with Gasteiger partial charge in [-0.3, -0.25) is 9.59 Å². The van der Waals surface area contributed by atoms with E-state index in [1.807, 2.05) is 0 Å². The molecule has 19 heavy (non-hydrogen) atoms. The lowest BCUT2D eigenvalue weighted by Crippen LogP contribution is -2.43. The van der Waals surface area contributed by atoms with Crippen molar-refractivity contribution in [3.05, 3.63) is 17.8 Å². The van der Waals surface area contributed by atoms with Crippen LogP contribution in [0.3, 0.4) is 0 Å². The standard InChI is InChI=1S/C11H18N6O2/c1-11(2,10(19)13-3)6-14-9(18)7-4-5-8(15-12)17-16-7/h4-5H,6,12H2,1-3H3,(H,13,19)(H,14,18)(H,15,17). The van der Waals surface area contributed by atoms with Crippen LogP contribution < -0.4 is 21.9 Å². The molecule has 2 amide bonds. The summed E-state index contributed by atoms with van der Waals surface area (Å²) >= 11 is 0. The predicted molar refractivity (Wildman–Crippen MR) is 70.0 cm³/mol. The Balaban J connectivity index is 2.62. The number of nitrogens with two attached hydrogens (primary N) is 1. The maximum atomic E-state index is 11.8. The first-order valence-corrected chi connectivity index (χ1v) is 5.71. The zero-order valence-corrected chi connectivity index (χ0v) is 11.2. The molecule has 0 aliphatic rings. The summed E-state index contributed by atoms with van der Waals surface area (Å²) in [4.78, 5) is 23.4. The fourth-order valence-electron chi connectivity index (χ4n) is 1.34. The molecule has 0 saturated heterocycles. The van der Waals surface area contributed by atoms with Gasteiger partial charge in [-0.05, 0) is 26.0 Å². The van der Waals surface area contributed by atoms with Gasteiger partial charge in [-0.15, -0.1) is 10.2 Å². The Morgan fingerprint density at radius 1 is 1.32 bits per heavy atom.